The van der Waals surface area contributed by atoms with E-state index >= 15 is 0 Å². The Kier molecular flexibility index (Phi) is 6.79. The number of anilines is 1. The Labute approximate surface area is 165 Å². The second-order valence-corrected chi connectivity index (χ2v) is 7.02. The molecule has 1 amide bonds. The molecule has 28 heavy (non-hydrogen) atoms. The highest BCUT2D eigenvalue weighted by Gasteiger charge is 2.23. The number of rotatable bonds is 6. The molecule has 2 aromatic rings. The fourth-order valence-electron chi connectivity index (χ4n) is 3.21. The molecule has 0 aliphatic carbocycles. The second-order valence-electron chi connectivity index (χ2n) is 7.02. The largest absolute Gasteiger partial charge is 0.449 e. The van der Waals surface area contributed by atoms with Crippen molar-refractivity contribution in [3.8, 4) is 0 Å². The summed E-state index contributed by atoms with van der Waals surface area (Å²) < 4.78 is 10.8. The van der Waals surface area contributed by atoms with Gasteiger partial charge in [0.25, 0.3) is 5.91 Å². The predicted octanol–water partition coefficient (Wildman–Crippen LogP) is 1.31. The van der Waals surface area contributed by atoms with Gasteiger partial charge in [-0.05, 0) is 31.2 Å². The fraction of sp³-hybridized carbons (Fsp3) is 0.364. The number of hydrogen-bond donors (Lipinski definition) is 1. The normalized spacial score (nSPS) is 15.6. The highest BCUT2D eigenvalue weighted by molar-refractivity contribution is 5.98. The zero-order valence-corrected chi connectivity index (χ0v) is 16.4. The number of ether oxygens (including phenoxy) is 2. The van der Waals surface area contributed by atoms with Gasteiger partial charge in [-0.1, -0.05) is 30.3 Å². The van der Waals surface area contributed by atoms with E-state index in [9.17, 15) is 9.59 Å². The lowest BCUT2D eigenvalue weighted by atomic mass is 10.1. The quantitative estimate of drug-likeness (QED) is 0.764. The van der Waals surface area contributed by atoms with Crippen molar-refractivity contribution in [2.45, 2.75) is 19.6 Å². The van der Waals surface area contributed by atoms with E-state index in [4.69, 9.17) is 9.47 Å². The van der Waals surface area contributed by atoms with Crippen LogP contribution in [0.25, 0.3) is 0 Å². The minimum Gasteiger partial charge on any atom is -0.449 e. The minimum absolute atomic E-state index is 0.271. The Hall–Kier alpha value is -2.70. The lowest BCUT2D eigenvalue weighted by Gasteiger charge is -2.23. The van der Waals surface area contributed by atoms with Crippen molar-refractivity contribution in [3.63, 3.8) is 0 Å². The van der Waals surface area contributed by atoms with Gasteiger partial charge in [-0.25, -0.2) is 4.79 Å². The van der Waals surface area contributed by atoms with Gasteiger partial charge in [-0.15, -0.1) is 0 Å². The number of quaternary nitrogens is 1. The summed E-state index contributed by atoms with van der Waals surface area (Å²) in [6, 6.07) is 16.7. The zero-order valence-electron chi connectivity index (χ0n) is 16.4. The minimum atomic E-state index is -0.866. The van der Waals surface area contributed by atoms with Gasteiger partial charge >= 0.3 is 5.97 Å². The first-order valence-corrected chi connectivity index (χ1v) is 9.58. The van der Waals surface area contributed by atoms with E-state index in [0.717, 1.165) is 38.5 Å². The summed E-state index contributed by atoms with van der Waals surface area (Å²) in [6.07, 6.45) is -0.866. The lowest BCUT2D eigenvalue weighted by molar-refractivity contribution is -0.921. The number of likely N-dealkylation sites (N-methyl/N-ethyl adjacent to an activating group) is 1. The van der Waals surface area contributed by atoms with E-state index in [1.165, 1.54) is 15.4 Å². The molecular formula is C22H27N2O4+. The summed E-state index contributed by atoms with van der Waals surface area (Å²) in [5.41, 5.74) is 2.37. The maximum absolute atomic E-state index is 12.5. The van der Waals surface area contributed by atoms with Crippen LogP contribution in [0.2, 0.25) is 0 Å². The van der Waals surface area contributed by atoms with Crippen molar-refractivity contribution in [3.05, 3.63) is 65.7 Å². The van der Waals surface area contributed by atoms with Crippen LogP contribution < -0.4 is 9.80 Å². The first-order chi connectivity index (χ1) is 13.5. The van der Waals surface area contributed by atoms with Crippen molar-refractivity contribution in [2.24, 2.45) is 0 Å². The van der Waals surface area contributed by atoms with E-state index in [1.807, 2.05) is 42.5 Å². The second kappa shape index (κ2) is 9.48. The number of nitrogens with one attached hydrogen (secondary N) is 1. The molecule has 1 fully saturated rings. The zero-order chi connectivity index (χ0) is 19.9. The Balaban J connectivity index is 1.55. The SMILES string of the molecule is C[C@H](OC(=O)c1ccc(C[NH+]2CCOCC2)cc1)C(=O)N(C)c1ccccc1. The highest BCUT2D eigenvalue weighted by Crippen LogP contribution is 2.14. The number of esters is 1. The number of carbonyl (C=O) groups excluding carboxylic acids is 2. The van der Waals surface area contributed by atoms with Crippen molar-refractivity contribution >= 4 is 17.6 Å². The van der Waals surface area contributed by atoms with Crippen LogP contribution in [0, 0.1) is 0 Å². The summed E-state index contributed by atoms with van der Waals surface area (Å²) in [4.78, 5) is 27.9. The van der Waals surface area contributed by atoms with Crippen LogP contribution in [0.1, 0.15) is 22.8 Å². The van der Waals surface area contributed by atoms with Crippen LogP contribution in [0.15, 0.2) is 54.6 Å². The molecule has 2 aromatic carbocycles. The summed E-state index contributed by atoms with van der Waals surface area (Å²) >= 11 is 0. The Bertz CT molecular complexity index is 786. The summed E-state index contributed by atoms with van der Waals surface area (Å²) in [5, 5.41) is 0. The standard InChI is InChI=1S/C22H26N2O4/c1-17(21(25)23(2)20-6-4-3-5-7-20)28-22(26)19-10-8-18(9-11-19)16-24-12-14-27-15-13-24/h3-11,17H,12-16H2,1-2H3/p+1/t17-/m0/s1. The van der Waals surface area contributed by atoms with Gasteiger partial charge < -0.3 is 19.3 Å². The average Bonchev–Trinajstić information content (AvgIpc) is 2.74. The Morgan fingerprint density at radius 2 is 1.71 bits per heavy atom. The van der Waals surface area contributed by atoms with Gasteiger partial charge in [0.2, 0.25) is 0 Å². The van der Waals surface area contributed by atoms with Gasteiger partial charge in [-0.3, -0.25) is 4.79 Å². The first-order valence-electron chi connectivity index (χ1n) is 9.58. The molecule has 6 heteroatoms. The molecule has 1 atom stereocenters. The number of benzene rings is 2. The predicted molar refractivity (Wildman–Crippen MR) is 106 cm³/mol. The number of carbonyl (C=O) groups is 2. The lowest BCUT2D eigenvalue weighted by Crippen LogP contribution is -3.12. The van der Waals surface area contributed by atoms with Crippen molar-refractivity contribution < 1.29 is 24.0 Å². The van der Waals surface area contributed by atoms with Gasteiger partial charge in [0.15, 0.2) is 6.10 Å². The topological polar surface area (TPSA) is 60.3 Å². The van der Waals surface area contributed by atoms with Gasteiger partial charge in [0.1, 0.15) is 19.6 Å². The maximum atomic E-state index is 12.5. The number of hydrogen-bond acceptors (Lipinski definition) is 4. The third kappa shape index (κ3) is 5.18. The van der Waals surface area contributed by atoms with Crippen LogP contribution in [0.4, 0.5) is 5.69 Å². The first kappa shape index (κ1) is 20.0. The number of amides is 1. The van der Waals surface area contributed by atoms with Gasteiger partial charge in [0.05, 0.1) is 18.8 Å². The van der Waals surface area contributed by atoms with Crippen molar-refractivity contribution in [2.75, 3.05) is 38.3 Å². The molecule has 1 N–H and O–H groups in total. The molecule has 0 unspecified atom stereocenters. The van der Waals surface area contributed by atoms with Crippen LogP contribution in [0.5, 0.6) is 0 Å². The van der Waals surface area contributed by atoms with Crippen molar-refractivity contribution in [1.29, 1.82) is 0 Å². The molecule has 148 valence electrons. The fourth-order valence-corrected chi connectivity index (χ4v) is 3.21. The van der Waals surface area contributed by atoms with E-state index in [2.05, 4.69) is 0 Å². The monoisotopic (exact) mass is 383 g/mol. The molecule has 1 aliphatic heterocycles. The molecule has 1 saturated heterocycles. The molecule has 3 rings (SSSR count). The third-order valence-electron chi connectivity index (χ3n) is 4.95. The number of morpholine rings is 1. The Morgan fingerprint density at radius 1 is 1.07 bits per heavy atom. The number of para-hydroxylation sites is 1. The molecule has 6 nitrogen and oxygen atoms in total. The van der Waals surface area contributed by atoms with E-state index in [1.54, 1.807) is 26.1 Å². The van der Waals surface area contributed by atoms with E-state index in [-0.39, 0.29) is 5.91 Å². The summed E-state index contributed by atoms with van der Waals surface area (Å²) in [6.45, 7) is 6.09. The van der Waals surface area contributed by atoms with Crippen LogP contribution >= 0.6 is 0 Å². The van der Waals surface area contributed by atoms with Gasteiger partial charge in [0, 0.05) is 18.3 Å². The van der Waals surface area contributed by atoms with E-state index in [0.29, 0.717) is 5.56 Å². The number of nitrogens with zero attached hydrogens (tertiary/aromatic N) is 1. The highest BCUT2D eigenvalue weighted by atomic mass is 16.5. The van der Waals surface area contributed by atoms with Crippen LogP contribution in [-0.2, 0) is 20.8 Å². The molecular weight excluding hydrogens is 356 g/mol. The third-order valence-corrected chi connectivity index (χ3v) is 4.95. The van der Waals surface area contributed by atoms with Crippen LogP contribution in [0.3, 0.4) is 0 Å². The molecule has 0 saturated carbocycles. The molecule has 0 spiro atoms. The Morgan fingerprint density at radius 3 is 2.36 bits per heavy atom. The molecule has 0 radical (unpaired) electrons. The van der Waals surface area contributed by atoms with Crippen LogP contribution in [-0.4, -0.2) is 51.3 Å². The average molecular weight is 383 g/mol. The van der Waals surface area contributed by atoms with E-state index < -0.39 is 12.1 Å². The summed E-state index contributed by atoms with van der Waals surface area (Å²) in [7, 11) is 1.67. The maximum Gasteiger partial charge on any atom is 0.338 e. The smallest absolute Gasteiger partial charge is 0.338 e. The van der Waals surface area contributed by atoms with Crippen molar-refractivity contribution in [1.82, 2.24) is 0 Å². The molecule has 1 heterocycles. The molecule has 0 aromatic heterocycles. The molecule has 0 bridgehead atoms. The molecule has 1 aliphatic rings. The summed E-state index contributed by atoms with van der Waals surface area (Å²) in [5.74, 6) is -0.764. The van der Waals surface area contributed by atoms with Gasteiger partial charge in [-0.2, -0.15) is 0 Å².